The topological polar surface area (TPSA) is 100 Å². The van der Waals surface area contributed by atoms with E-state index in [0.29, 0.717) is 43.5 Å². The summed E-state index contributed by atoms with van der Waals surface area (Å²) in [5, 5.41) is 15.9. The minimum absolute atomic E-state index is 0.123. The molecule has 0 unspecified atom stereocenters. The highest BCUT2D eigenvalue weighted by Crippen LogP contribution is 2.29. The van der Waals surface area contributed by atoms with Gasteiger partial charge in [0.15, 0.2) is 18.1 Å². The summed E-state index contributed by atoms with van der Waals surface area (Å²) in [4.78, 5) is 24.7. The highest BCUT2D eigenvalue weighted by Gasteiger charge is 2.13. The molecule has 0 aliphatic heterocycles. The molecule has 0 radical (unpaired) electrons. The summed E-state index contributed by atoms with van der Waals surface area (Å²) >= 11 is 17.7. The monoisotopic (exact) mass is 529 g/mol. The average molecular weight is 531 g/mol. The Labute approximate surface area is 216 Å². The molecule has 7 nitrogen and oxygen atoms in total. The fourth-order valence-corrected chi connectivity index (χ4v) is 3.38. The molecule has 2 N–H and O–H groups in total. The third-order valence-corrected chi connectivity index (χ3v) is 5.48. The molecular weight excluding hydrogens is 513 g/mol. The van der Waals surface area contributed by atoms with Crippen LogP contribution in [0.25, 0.3) is 6.08 Å². The highest BCUT2D eigenvalue weighted by atomic mass is 35.5. The molecule has 0 saturated heterocycles. The Morgan fingerprint density at radius 2 is 1.71 bits per heavy atom. The van der Waals surface area contributed by atoms with Gasteiger partial charge in [0.2, 0.25) is 0 Å². The van der Waals surface area contributed by atoms with Crippen molar-refractivity contribution < 1.29 is 19.1 Å². The predicted molar refractivity (Wildman–Crippen MR) is 137 cm³/mol. The molecule has 3 rings (SSSR count). The van der Waals surface area contributed by atoms with Gasteiger partial charge in [0.05, 0.1) is 17.2 Å². The van der Waals surface area contributed by atoms with Crippen LogP contribution in [-0.2, 0) is 9.59 Å². The van der Waals surface area contributed by atoms with E-state index >= 15 is 0 Å². The molecule has 178 valence electrons. The fraction of sp³-hybridized carbons (Fsp3) is 0.0800. The number of anilines is 2. The Morgan fingerprint density at radius 3 is 2.40 bits per heavy atom. The summed E-state index contributed by atoms with van der Waals surface area (Å²) in [5.41, 5.74) is 1.33. The number of benzene rings is 3. The van der Waals surface area contributed by atoms with E-state index in [2.05, 4.69) is 10.6 Å². The second-order valence-corrected chi connectivity index (χ2v) is 8.26. The lowest BCUT2D eigenvalue weighted by Crippen LogP contribution is -2.20. The molecule has 0 atom stereocenters. The van der Waals surface area contributed by atoms with Crippen LogP contribution < -0.4 is 20.1 Å². The Balaban J connectivity index is 1.67. The van der Waals surface area contributed by atoms with Gasteiger partial charge in [-0.05, 0) is 60.2 Å². The number of amides is 2. The highest BCUT2D eigenvalue weighted by molar-refractivity contribution is 6.42. The molecule has 0 heterocycles. The molecule has 35 heavy (non-hydrogen) atoms. The molecule has 0 bridgehead atoms. The van der Waals surface area contributed by atoms with Crippen LogP contribution in [0.1, 0.15) is 5.56 Å². The second kappa shape index (κ2) is 12.1. The third-order valence-electron chi connectivity index (χ3n) is 4.51. The van der Waals surface area contributed by atoms with Crippen LogP contribution in [0.3, 0.4) is 0 Å². The minimum atomic E-state index is -0.590. The third kappa shape index (κ3) is 7.39. The summed E-state index contributed by atoms with van der Waals surface area (Å²) in [6.07, 6.45) is 1.41. The smallest absolute Gasteiger partial charge is 0.266 e. The first-order chi connectivity index (χ1) is 16.8. The SMILES string of the molecule is COc1cc(/C=C(/C#N)C(=O)Nc2cccc(Cl)c2)ccc1OCC(=O)Nc1ccc(Cl)c(Cl)c1. The number of nitriles is 1. The van der Waals surface area contributed by atoms with E-state index in [1.54, 1.807) is 54.6 Å². The first kappa shape index (κ1) is 25.9. The standard InChI is InChI=1S/C25H18Cl3N3O4/c1-34-23-10-15(9-16(13-29)25(33)31-18-4-2-3-17(26)11-18)5-8-22(23)35-14-24(32)30-19-6-7-20(27)21(28)12-19/h2-12H,14H2,1H3,(H,30,32)(H,31,33)/b16-9-. The van der Waals surface area contributed by atoms with Crippen molar-refractivity contribution in [3.8, 4) is 17.6 Å². The molecule has 2 amide bonds. The van der Waals surface area contributed by atoms with Gasteiger partial charge in [0, 0.05) is 16.4 Å². The lowest BCUT2D eigenvalue weighted by molar-refractivity contribution is -0.118. The maximum absolute atomic E-state index is 12.5. The largest absolute Gasteiger partial charge is 0.493 e. The van der Waals surface area contributed by atoms with Gasteiger partial charge in [-0.25, -0.2) is 0 Å². The maximum Gasteiger partial charge on any atom is 0.266 e. The number of hydrogen-bond donors (Lipinski definition) is 2. The first-order valence-electron chi connectivity index (χ1n) is 10.0. The van der Waals surface area contributed by atoms with Crippen LogP contribution in [-0.4, -0.2) is 25.5 Å². The van der Waals surface area contributed by atoms with Gasteiger partial charge in [-0.1, -0.05) is 46.9 Å². The van der Waals surface area contributed by atoms with Crippen LogP contribution in [0.4, 0.5) is 11.4 Å². The molecule has 0 fully saturated rings. The number of rotatable bonds is 8. The predicted octanol–water partition coefficient (Wildman–Crippen LogP) is 6.22. The fourth-order valence-electron chi connectivity index (χ4n) is 2.89. The van der Waals surface area contributed by atoms with Crippen molar-refractivity contribution in [3.05, 3.63) is 86.9 Å². The number of methoxy groups -OCH3 is 1. The molecule has 0 aromatic heterocycles. The average Bonchev–Trinajstić information content (AvgIpc) is 2.83. The lowest BCUT2D eigenvalue weighted by Gasteiger charge is -2.12. The van der Waals surface area contributed by atoms with Gasteiger partial charge < -0.3 is 20.1 Å². The molecule has 0 saturated carbocycles. The summed E-state index contributed by atoms with van der Waals surface area (Å²) in [5.74, 6) is -0.392. The first-order valence-corrected chi connectivity index (χ1v) is 11.2. The van der Waals surface area contributed by atoms with E-state index in [1.165, 1.54) is 19.3 Å². The quantitative estimate of drug-likeness (QED) is 0.266. The molecular formula is C25H18Cl3N3O4. The zero-order valence-corrected chi connectivity index (χ0v) is 20.5. The summed E-state index contributed by atoms with van der Waals surface area (Å²) in [6, 6.07) is 17.9. The van der Waals surface area contributed by atoms with Gasteiger partial charge in [-0.3, -0.25) is 9.59 Å². The Hall–Kier alpha value is -3.70. The maximum atomic E-state index is 12.5. The van der Waals surface area contributed by atoms with Gasteiger partial charge in [0.25, 0.3) is 11.8 Å². The van der Waals surface area contributed by atoms with E-state index in [0.717, 1.165) is 0 Å². The second-order valence-electron chi connectivity index (χ2n) is 7.01. The van der Waals surface area contributed by atoms with Crippen LogP contribution in [0.2, 0.25) is 15.1 Å². The number of hydrogen-bond acceptors (Lipinski definition) is 5. The van der Waals surface area contributed by atoms with Crippen molar-refractivity contribution in [2.24, 2.45) is 0 Å². The van der Waals surface area contributed by atoms with Gasteiger partial charge in [0.1, 0.15) is 11.6 Å². The number of halogens is 3. The summed E-state index contributed by atoms with van der Waals surface area (Å²) < 4.78 is 10.9. The molecule has 10 heteroatoms. The van der Waals surface area contributed by atoms with E-state index < -0.39 is 11.8 Å². The lowest BCUT2D eigenvalue weighted by atomic mass is 10.1. The van der Waals surface area contributed by atoms with E-state index in [-0.39, 0.29) is 12.2 Å². The number of nitrogens with one attached hydrogen (secondary N) is 2. The summed E-state index contributed by atoms with van der Waals surface area (Å²) in [6.45, 7) is -0.294. The molecule has 0 spiro atoms. The van der Waals surface area contributed by atoms with Crippen molar-refractivity contribution in [2.75, 3.05) is 24.4 Å². The van der Waals surface area contributed by atoms with Gasteiger partial charge in [-0.15, -0.1) is 0 Å². The molecule has 3 aromatic rings. The zero-order chi connectivity index (χ0) is 25.4. The van der Waals surface area contributed by atoms with Crippen molar-refractivity contribution in [3.63, 3.8) is 0 Å². The number of ether oxygens (including phenoxy) is 2. The van der Waals surface area contributed by atoms with E-state index in [4.69, 9.17) is 44.3 Å². The Bertz CT molecular complexity index is 1340. The summed E-state index contributed by atoms with van der Waals surface area (Å²) in [7, 11) is 1.43. The normalized spacial score (nSPS) is 10.8. The van der Waals surface area contributed by atoms with Crippen LogP contribution >= 0.6 is 34.8 Å². The van der Waals surface area contributed by atoms with Crippen molar-refractivity contribution in [2.45, 2.75) is 0 Å². The van der Waals surface area contributed by atoms with Crippen LogP contribution in [0.15, 0.2) is 66.2 Å². The molecule has 0 aliphatic carbocycles. The Kier molecular flexibility index (Phi) is 8.98. The van der Waals surface area contributed by atoms with Crippen LogP contribution in [0, 0.1) is 11.3 Å². The van der Waals surface area contributed by atoms with Gasteiger partial charge in [-0.2, -0.15) is 5.26 Å². The van der Waals surface area contributed by atoms with Gasteiger partial charge >= 0.3 is 0 Å². The number of carbonyl (C=O) groups excluding carboxylic acids is 2. The Morgan fingerprint density at radius 1 is 0.943 bits per heavy atom. The van der Waals surface area contributed by atoms with Crippen molar-refractivity contribution in [1.29, 1.82) is 5.26 Å². The molecule has 0 aliphatic rings. The van der Waals surface area contributed by atoms with E-state index in [1.807, 2.05) is 6.07 Å². The number of carbonyl (C=O) groups is 2. The zero-order valence-electron chi connectivity index (χ0n) is 18.3. The molecule has 3 aromatic carbocycles. The van der Waals surface area contributed by atoms with Crippen molar-refractivity contribution in [1.82, 2.24) is 0 Å². The minimum Gasteiger partial charge on any atom is -0.493 e. The number of nitrogens with zero attached hydrogens (tertiary/aromatic N) is 1. The van der Waals surface area contributed by atoms with Crippen molar-refractivity contribution >= 4 is 64.1 Å². The van der Waals surface area contributed by atoms with Crippen LogP contribution in [0.5, 0.6) is 11.5 Å². The van der Waals surface area contributed by atoms with E-state index in [9.17, 15) is 14.9 Å².